The lowest BCUT2D eigenvalue weighted by molar-refractivity contribution is -0.117. The molecule has 136 valence electrons. The minimum atomic E-state index is 0. The fourth-order valence-corrected chi connectivity index (χ4v) is 4.27. The van der Waals surface area contributed by atoms with Gasteiger partial charge in [0, 0.05) is 36.3 Å². The Bertz CT molecular complexity index is 663. The molecule has 3 aliphatic rings. The second-order valence-electron chi connectivity index (χ2n) is 7.76. The van der Waals surface area contributed by atoms with E-state index >= 15 is 0 Å². The zero-order valence-electron chi connectivity index (χ0n) is 14.5. The molecule has 1 aromatic rings. The third-order valence-corrected chi connectivity index (χ3v) is 6.05. The van der Waals surface area contributed by atoms with E-state index < -0.39 is 0 Å². The maximum atomic E-state index is 12.7. The molecular formula is C19H26ClN3O2. The third-order valence-electron chi connectivity index (χ3n) is 6.05. The number of carbonyl (C=O) groups is 2. The molecular weight excluding hydrogens is 338 g/mol. The molecule has 1 heterocycles. The van der Waals surface area contributed by atoms with Crippen molar-refractivity contribution in [2.24, 2.45) is 29.4 Å². The molecule has 0 radical (unpaired) electrons. The summed E-state index contributed by atoms with van der Waals surface area (Å²) in [6.07, 6.45) is 3.20. The average Bonchev–Trinajstić information content (AvgIpc) is 3.02. The van der Waals surface area contributed by atoms with Gasteiger partial charge in [0.05, 0.1) is 0 Å². The number of anilines is 1. The highest BCUT2D eigenvalue weighted by atomic mass is 35.5. The van der Waals surface area contributed by atoms with E-state index in [0.717, 1.165) is 38.0 Å². The number of benzene rings is 1. The summed E-state index contributed by atoms with van der Waals surface area (Å²) in [7, 11) is 0. The highest BCUT2D eigenvalue weighted by molar-refractivity contribution is 5.97. The van der Waals surface area contributed by atoms with Gasteiger partial charge in [-0.2, -0.15) is 0 Å². The van der Waals surface area contributed by atoms with Crippen LogP contribution in [0.5, 0.6) is 0 Å². The Balaban J connectivity index is 0.00000182. The van der Waals surface area contributed by atoms with E-state index in [-0.39, 0.29) is 36.2 Å². The predicted molar refractivity (Wildman–Crippen MR) is 99.7 cm³/mol. The number of hydrogen-bond acceptors (Lipinski definition) is 3. The van der Waals surface area contributed by atoms with Crippen LogP contribution in [0.3, 0.4) is 0 Å². The molecule has 5 unspecified atom stereocenters. The summed E-state index contributed by atoms with van der Waals surface area (Å²) in [5.41, 5.74) is 7.59. The monoisotopic (exact) mass is 363 g/mol. The second kappa shape index (κ2) is 6.96. The largest absolute Gasteiger partial charge is 0.338 e. The van der Waals surface area contributed by atoms with E-state index in [1.807, 2.05) is 29.2 Å². The molecule has 1 aliphatic heterocycles. The Morgan fingerprint density at radius 1 is 1.16 bits per heavy atom. The van der Waals surface area contributed by atoms with Crippen LogP contribution in [0.15, 0.2) is 24.3 Å². The average molecular weight is 364 g/mol. The smallest absolute Gasteiger partial charge is 0.253 e. The summed E-state index contributed by atoms with van der Waals surface area (Å²) < 4.78 is 0. The first kappa shape index (κ1) is 18.2. The Labute approximate surface area is 154 Å². The molecule has 0 spiro atoms. The molecule has 3 N–H and O–H groups in total. The van der Waals surface area contributed by atoms with Crippen molar-refractivity contribution in [1.82, 2.24) is 4.90 Å². The van der Waals surface area contributed by atoms with Crippen molar-refractivity contribution in [3.8, 4) is 0 Å². The topological polar surface area (TPSA) is 75.4 Å². The van der Waals surface area contributed by atoms with Crippen LogP contribution in [-0.4, -0.2) is 35.8 Å². The molecule has 0 aromatic heterocycles. The number of halogens is 1. The molecule has 6 heteroatoms. The zero-order valence-corrected chi connectivity index (χ0v) is 15.3. The second-order valence-corrected chi connectivity index (χ2v) is 7.76. The Kier molecular flexibility index (Phi) is 5.07. The lowest BCUT2D eigenvalue weighted by Crippen LogP contribution is -2.33. The van der Waals surface area contributed by atoms with E-state index in [1.165, 1.54) is 0 Å². The van der Waals surface area contributed by atoms with Crippen molar-refractivity contribution in [3.63, 3.8) is 0 Å². The van der Waals surface area contributed by atoms with Gasteiger partial charge in [0.2, 0.25) is 5.91 Å². The third kappa shape index (κ3) is 3.53. The molecule has 2 saturated carbocycles. The first-order valence-corrected chi connectivity index (χ1v) is 8.98. The summed E-state index contributed by atoms with van der Waals surface area (Å²) in [6, 6.07) is 7.50. The number of carbonyl (C=O) groups excluding carboxylic acids is 2. The lowest BCUT2D eigenvalue weighted by atomic mass is 9.98. The number of nitrogens with two attached hydrogens (primary N) is 1. The maximum absolute atomic E-state index is 12.7. The van der Waals surface area contributed by atoms with Crippen molar-refractivity contribution in [1.29, 1.82) is 0 Å². The van der Waals surface area contributed by atoms with Crippen LogP contribution in [0.25, 0.3) is 0 Å². The van der Waals surface area contributed by atoms with Gasteiger partial charge >= 0.3 is 0 Å². The number of nitrogens with one attached hydrogen (secondary N) is 1. The van der Waals surface area contributed by atoms with Crippen molar-refractivity contribution < 1.29 is 9.59 Å². The number of fused-ring (bicyclic) bond motifs is 1. The zero-order chi connectivity index (χ0) is 16.8. The number of amides is 2. The summed E-state index contributed by atoms with van der Waals surface area (Å²) in [6.45, 7) is 3.70. The normalized spacial score (nSPS) is 32.7. The summed E-state index contributed by atoms with van der Waals surface area (Å²) >= 11 is 0. The summed E-state index contributed by atoms with van der Waals surface area (Å²) in [5.74, 6) is 1.84. The molecule has 2 amide bonds. The van der Waals surface area contributed by atoms with Gasteiger partial charge in [-0.1, -0.05) is 6.92 Å². The lowest BCUT2D eigenvalue weighted by Gasteiger charge is -2.19. The summed E-state index contributed by atoms with van der Waals surface area (Å²) in [4.78, 5) is 26.6. The van der Waals surface area contributed by atoms with Crippen LogP contribution in [0.4, 0.5) is 5.69 Å². The van der Waals surface area contributed by atoms with E-state index in [0.29, 0.717) is 23.3 Å². The first-order chi connectivity index (χ1) is 11.5. The molecule has 1 saturated heterocycles. The maximum Gasteiger partial charge on any atom is 0.253 e. The molecule has 2 aliphatic carbocycles. The first-order valence-electron chi connectivity index (χ1n) is 8.98. The molecule has 4 rings (SSSR count). The fraction of sp³-hybridized carbons (Fsp3) is 0.579. The van der Waals surface area contributed by atoms with Crippen molar-refractivity contribution in [3.05, 3.63) is 29.8 Å². The van der Waals surface area contributed by atoms with Gasteiger partial charge in [-0.25, -0.2) is 0 Å². The van der Waals surface area contributed by atoms with Crippen LogP contribution in [-0.2, 0) is 4.79 Å². The Hall–Kier alpha value is -1.59. The molecule has 1 aromatic carbocycles. The minimum Gasteiger partial charge on any atom is -0.338 e. The molecule has 3 fully saturated rings. The van der Waals surface area contributed by atoms with E-state index in [1.54, 1.807) is 0 Å². The van der Waals surface area contributed by atoms with Crippen LogP contribution < -0.4 is 11.1 Å². The van der Waals surface area contributed by atoms with E-state index in [9.17, 15) is 9.59 Å². The molecule has 5 nitrogen and oxygen atoms in total. The van der Waals surface area contributed by atoms with Gasteiger partial charge in [0.1, 0.15) is 0 Å². The highest BCUT2D eigenvalue weighted by Crippen LogP contribution is 2.39. The van der Waals surface area contributed by atoms with Crippen molar-refractivity contribution >= 4 is 29.9 Å². The van der Waals surface area contributed by atoms with E-state index in [4.69, 9.17) is 5.73 Å². The van der Waals surface area contributed by atoms with Gasteiger partial charge < -0.3 is 16.0 Å². The van der Waals surface area contributed by atoms with Gasteiger partial charge in [0.15, 0.2) is 0 Å². The quantitative estimate of drug-likeness (QED) is 0.866. The number of hydrogen-bond donors (Lipinski definition) is 2. The van der Waals surface area contributed by atoms with Crippen molar-refractivity contribution in [2.75, 3.05) is 18.4 Å². The Morgan fingerprint density at radius 2 is 1.84 bits per heavy atom. The van der Waals surface area contributed by atoms with Gasteiger partial charge in [-0.15, -0.1) is 12.4 Å². The fourth-order valence-electron chi connectivity index (χ4n) is 4.27. The predicted octanol–water partition coefficient (Wildman–Crippen LogP) is 2.51. The van der Waals surface area contributed by atoms with Gasteiger partial charge in [-0.3, -0.25) is 9.59 Å². The van der Waals surface area contributed by atoms with Crippen LogP contribution >= 0.6 is 12.4 Å². The standard InChI is InChI=1S/C19H25N3O2.ClH/c1-11-8-15(11)18(23)21-14-5-2-12(3-6-14)19(24)22-9-13-4-7-17(20)16(13)10-22;/h2-3,5-6,11,13,15-17H,4,7-10,20H2,1H3,(H,21,23);1H. The van der Waals surface area contributed by atoms with Crippen LogP contribution in [0, 0.1) is 23.7 Å². The number of likely N-dealkylation sites (tertiary alicyclic amines) is 1. The Morgan fingerprint density at radius 3 is 2.44 bits per heavy atom. The van der Waals surface area contributed by atoms with Crippen LogP contribution in [0.2, 0.25) is 0 Å². The highest BCUT2D eigenvalue weighted by Gasteiger charge is 2.42. The molecule has 25 heavy (non-hydrogen) atoms. The minimum absolute atomic E-state index is 0. The number of rotatable bonds is 3. The van der Waals surface area contributed by atoms with E-state index in [2.05, 4.69) is 12.2 Å². The summed E-state index contributed by atoms with van der Waals surface area (Å²) in [5, 5.41) is 2.93. The van der Waals surface area contributed by atoms with Gasteiger partial charge in [-0.05, 0) is 61.3 Å². The SMILES string of the molecule is CC1CC1C(=O)Nc1ccc(C(=O)N2CC3CCC(N)C3C2)cc1.Cl. The van der Waals surface area contributed by atoms with Gasteiger partial charge in [0.25, 0.3) is 5.91 Å². The molecule has 0 bridgehead atoms. The van der Waals surface area contributed by atoms with Crippen molar-refractivity contribution in [2.45, 2.75) is 32.2 Å². The molecule has 5 atom stereocenters. The number of nitrogens with zero attached hydrogens (tertiary/aromatic N) is 1. The van der Waals surface area contributed by atoms with Crippen LogP contribution in [0.1, 0.15) is 36.5 Å².